The van der Waals surface area contributed by atoms with Gasteiger partial charge in [0.25, 0.3) is 0 Å². The first-order chi connectivity index (χ1) is 5.66. The lowest BCUT2D eigenvalue weighted by Crippen LogP contribution is -2.30. The largest absolute Gasteiger partial charge is 0.380 e. The average molecular weight is 174 g/mol. The van der Waals surface area contributed by atoms with Gasteiger partial charge in [0, 0.05) is 19.0 Å². The zero-order valence-corrected chi connectivity index (χ0v) is 7.80. The molecule has 0 rings (SSSR count). The SMILES string of the molecule is CC(C)NC(=O)CCOCCN. The third kappa shape index (κ3) is 7.50. The summed E-state index contributed by atoms with van der Waals surface area (Å²) >= 11 is 0. The molecule has 0 saturated heterocycles. The maximum atomic E-state index is 11.0. The fraction of sp³-hybridized carbons (Fsp3) is 0.875. The second kappa shape index (κ2) is 7.06. The molecule has 0 aliphatic carbocycles. The lowest BCUT2D eigenvalue weighted by atomic mass is 10.3. The standard InChI is InChI=1S/C8H18N2O2/c1-7(2)10-8(11)3-5-12-6-4-9/h7H,3-6,9H2,1-2H3,(H,10,11). The topological polar surface area (TPSA) is 64.3 Å². The molecule has 0 aliphatic heterocycles. The number of nitrogens with two attached hydrogens (primary N) is 1. The van der Waals surface area contributed by atoms with Crippen LogP contribution in [0.4, 0.5) is 0 Å². The summed E-state index contributed by atoms with van der Waals surface area (Å²) in [4.78, 5) is 11.0. The molecule has 72 valence electrons. The molecule has 0 spiro atoms. The molecule has 0 aromatic heterocycles. The van der Waals surface area contributed by atoms with Crippen LogP contribution in [0.1, 0.15) is 20.3 Å². The normalized spacial score (nSPS) is 10.3. The number of nitrogens with one attached hydrogen (secondary N) is 1. The summed E-state index contributed by atoms with van der Waals surface area (Å²) in [7, 11) is 0. The van der Waals surface area contributed by atoms with Crippen LogP contribution in [-0.2, 0) is 9.53 Å². The van der Waals surface area contributed by atoms with E-state index in [1.807, 2.05) is 13.8 Å². The lowest BCUT2D eigenvalue weighted by molar-refractivity contribution is -0.122. The molecular formula is C8H18N2O2. The van der Waals surface area contributed by atoms with Gasteiger partial charge in [-0.3, -0.25) is 4.79 Å². The fourth-order valence-corrected chi connectivity index (χ4v) is 0.744. The second-order valence-electron chi connectivity index (χ2n) is 2.87. The Kier molecular flexibility index (Phi) is 6.70. The molecule has 4 nitrogen and oxygen atoms in total. The van der Waals surface area contributed by atoms with Crippen LogP contribution in [0, 0.1) is 0 Å². The van der Waals surface area contributed by atoms with Gasteiger partial charge in [0.2, 0.25) is 5.91 Å². The van der Waals surface area contributed by atoms with Gasteiger partial charge >= 0.3 is 0 Å². The molecule has 0 heterocycles. The van der Waals surface area contributed by atoms with Crippen molar-refractivity contribution in [1.82, 2.24) is 5.32 Å². The van der Waals surface area contributed by atoms with Crippen LogP contribution >= 0.6 is 0 Å². The molecule has 1 amide bonds. The van der Waals surface area contributed by atoms with Crippen LogP contribution in [0.15, 0.2) is 0 Å². The molecule has 0 aromatic rings. The van der Waals surface area contributed by atoms with Gasteiger partial charge in [-0.1, -0.05) is 0 Å². The molecule has 0 atom stereocenters. The molecular weight excluding hydrogens is 156 g/mol. The van der Waals surface area contributed by atoms with Gasteiger partial charge in [0.05, 0.1) is 13.2 Å². The number of rotatable bonds is 6. The van der Waals surface area contributed by atoms with Gasteiger partial charge in [-0.2, -0.15) is 0 Å². The maximum Gasteiger partial charge on any atom is 0.222 e. The molecule has 0 unspecified atom stereocenters. The summed E-state index contributed by atoms with van der Waals surface area (Å²) < 4.78 is 5.05. The second-order valence-corrected chi connectivity index (χ2v) is 2.87. The molecule has 0 fully saturated rings. The molecule has 0 bridgehead atoms. The van der Waals surface area contributed by atoms with Gasteiger partial charge in [0.15, 0.2) is 0 Å². The zero-order valence-electron chi connectivity index (χ0n) is 7.80. The first kappa shape index (κ1) is 11.4. The van der Waals surface area contributed by atoms with Crippen LogP contribution in [-0.4, -0.2) is 31.7 Å². The number of amides is 1. The third-order valence-corrected chi connectivity index (χ3v) is 1.19. The minimum absolute atomic E-state index is 0.0296. The van der Waals surface area contributed by atoms with Crippen molar-refractivity contribution >= 4 is 5.91 Å². The van der Waals surface area contributed by atoms with Crippen molar-refractivity contribution in [3.63, 3.8) is 0 Å². The van der Waals surface area contributed by atoms with E-state index in [0.717, 1.165) is 0 Å². The average Bonchev–Trinajstić information content (AvgIpc) is 1.97. The number of carbonyl (C=O) groups is 1. The van der Waals surface area contributed by atoms with Crippen LogP contribution in [0.3, 0.4) is 0 Å². The monoisotopic (exact) mass is 174 g/mol. The molecule has 0 radical (unpaired) electrons. The van der Waals surface area contributed by atoms with Crippen molar-refractivity contribution in [3.05, 3.63) is 0 Å². The fourth-order valence-electron chi connectivity index (χ4n) is 0.744. The summed E-state index contributed by atoms with van der Waals surface area (Å²) in [6.45, 7) is 5.34. The van der Waals surface area contributed by atoms with E-state index in [2.05, 4.69) is 5.32 Å². The predicted octanol–water partition coefficient (Wildman–Crippen LogP) is -0.124. The lowest BCUT2D eigenvalue weighted by Gasteiger charge is -2.07. The van der Waals surface area contributed by atoms with E-state index >= 15 is 0 Å². The van der Waals surface area contributed by atoms with E-state index in [0.29, 0.717) is 26.2 Å². The van der Waals surface area contributed by atoms with Crippen molar-refractivity contribution in [3.8, 4) is 0 Å². The highest BCUT2D eigenvalue weighted by Crippen LogP contribution is 1.84. The number of carbonyl (C=O) groups excluding carboxylic acids is 1. The van der Waals surface area contributed by atoms with E-state index < -0.39 is 0 Å². The Bertz CT molecular complexity index is 126. The Labute approximate surface area is 73.5 Å². The zero-order chi connectivity index (χ0) is 9.40. The van der Waals surface area contributed by atoms with E-state index in [9.17, 15) is 4.79 Å². The first-order valence-electron chi connectivity index (χ1n) is 4.24. The van der Waals surface area contributed by atoms with Crippen molar-refractivity contribution in [2.45, 2.75) is 26.3 Å². The Morgan fingerprint density at radius 3 is 2.67 bits per heavy atom. The summed E-state index contributed by atoms with van der Waals surface area (Å²) in [6, 6.07) is 0.201. The van der Waals surface area contributed by atoms with Gasteiger partial charge in [-0.15, -0.1) is 0 Å². The molecule has 0 aromatic carbocycles. The highest BCUT2D eigenvalue weighted by atomic mass is 16.5. The van der Waals surface area contributed by atoms with Crippen LogP contribution < -0.4 is 11.1 Å². The van der Waals surface area contributed by atoms with Crippen molar-refractivity contribution in [1.29, 1.82) is 0 Å². The Morgan fingerprint density at radius 1 is 1.50 bits per heavy atom. The number of hydrogen-bond acceptors (Lipinski definition) is 3. The molecule has 12 heavy (non-hydrogen) atoms. The Hall–Kier alpha value is -0.610. The first-order valence-corrected chi connectivity index (χ1v) is 4.24. The summed E-state index contributed by atoms with van der Waals surface area (Å²) in [5.74, 6) is 0.0296. The molecule has 0 saturated carbocycles. The van der Waals surface area contributed by atoms with E-state index in [1.165, 1.54) is 0 Å². The molecule has 3 N–H and O–H groups in total. The minimum atomic E-state index is 0.0296. The van der Waals surface area contributed by atoms with Gasteiger partial charge in [0.1, 0.15) is 0 Å². The van der Waals surface area contributed by atoms with Gasteiger partial charge < -0.3 is 15.8 Å². The minimum Gasteiger partial charge on any atom is -0.380 e. The maximum absolute atomic E-state index is 11.0. The summed E-state index contributed by atoms with van der Waals surface area (Å²) in [5, 5.41) is 2.77. The Morgan fingerprint density at radius 2 is 2.17 bits per heavy atom. The smallest absolute Gasteiger partial charge is 0.222 e. The summed E-state index contributed by atoms with van der Waals surface area (Å²) in [6.07, 6.45) is 0.415. The molecule has 4 heteroatoms. The van der Waals surface area contributed by atoms with Gasteiger partial charge in [-0.05, 0) is 13.8 Å². The molecule has 0 aliphatic rings. The van der Waals surface area contributed by atoms with Crippen LogP contribution in [0.2, 0.25) is 0 Å². The van der Waals surface area contributed by atoms with E-state index in [-0.39, 0.29) is 11.9 Å². The number of ether oxygens (including phenoxy) is 1. The highest BCUT2D eigenvalue weighted by Gasteiger charge is 2.01. The van der Waals surface area contributed by atoms with Crippen molar-refractivity contribution < 1.29 is 9.53 Å². The predicted molar refractivity (Wildman–Crippen MR) is 47.8 cm³/mol. The highest BCUT2D eigenvalue weighted by molar-refractivity contribution is 5.76. The Balaban J connectivity index is 3.20. The van der Waals surface area contributed by atoms with Crippen molar-refractivity contribution in [2.24, 2.45) is 5.73 Å². The van der Waals surface area contributed by atoms with Crippen LogP contribution in [0.5, 0.6) is 0 Å². The third-order valence-electron chi connectivity index (χ3n) is 1.19. The quantitative estimate of drug-likeness (QED) is 0.552. The van der Waals surface area contributed by atoms with E-state index in [1.54, 1.807) is 0 Å². The number of hydrogen-bond donors (Lipinski definition) is 2. The van der Waals surface area contributed by atoms with Crippen molar-refractivity contribution in [2.75, 3.05) is 19.8 Å². The van der Waals surface area contributed by atoms with Crippen LogP contribution in [0.25, 0.3) is 0 Å². The summed E-state index contributed by atoms with van der Waals surface area (Å²) in [5.41, 5.74) is 5.20. The van der Waals surface area contributed by atoms with E-state index in [4.69, 9.17) is 10.5 Å². The van der Waals surface area contributed by atoms with Gasteiger partial charge in [-0.25, -0.2) is 0 Å².